The standard InChI is InChI=1S/C24H22N2O2/c27-26(28)24-17-7-16-23(20-24)25(18-8-14-21-10-3-1-4-11-21)19-9-15-22-12-5-2-6-13-22/h1-17,20H,18-19H2/b14-8+,15-9+. The molecule has 4 nitrogen and oxygen atoms in total. The van der Waals surface area contributed by atoms with Crippen LogP contribution < -0.4 is 4.90 Å². The third-order valence-corrected chi connectivity index (χ3v) is 4.28. The third kappa shape index (κ3) is 5.68. The molecular weight excluding hydrogens is 348 g/mol. The van der Waals surface area contributed by atoms with Crippen molar-refractivity contribution in [2.75, 3.05) is 18.0 Å². The van der Waals surface area contributed by atoms with Gasteiger partial charge in [-0.05, 0) is 17.2 Å². The molecule has 140 valence electrons. The van der Waals surface area contributed by atoms with E-state index >= 15 is 0 Å². The van der Waals surface area contributed by atoms with Crippen LogP contribution in [0.3, 0.4) is 0 Å². The van der Waals surface area contributed by atoms with Crippen LogP contribution in [0.25, 0.3) is 12.2 Å². The number of nitro groups is 1. The van der Waals surface area contributed by atoms with Crippen molar-refractivity contribution in [2.45, 2.75) is 0 Å². The number of nitrogens with zero attached hydrogens (tertiary/aromatic N) is 2. The average molecular weight is 370 g/mol. The van der Waals surface area contributed by atoms with Crippen LogP contribution in [0.5, 0.6) is 0 Å². The number of non-ortho nitro benzene ring substituents is 1. The molecule has 0 bridgehead atoms. The highest BCUT2D eigenvalue weighted by molar-refractivity contribution is 5.57. The Morgan fingerprint density at radius 2 is 1.29 bits per heavy atom. The van der Waals surface area contributed by atoms with E-state index in [1.807, 2.05) is 66.7 Å². The van der Waals surface area contributed by atoms with Gasteiger partial charge in [-0.25, -0.2) is 0 Å². The molecule has 0 aromatic heterocycles. The highest BCUT2D eigenvalue weighted by Crippen LogP contribution is 2.21. The van der Waals surface area contributed by atoms with Crippen LogP contribution in [-0.2, 0) is 0 Å². The van der Waals surface area contributed by atoms with Crippen molar-refractivity contribution >= 4 is 23.5 Å². The average Bonchev–Trinajstić information content (AvgIpc) is 2.74. The lowest BCUT2D eigenvalue weighted by Crippen LogP contribution is -2.23. The molecule has 0 radical (unpaired) electrons. The first-order valence-corrected chi connectivity index (χ1v) is 9.15. The SMILES string of the molecule is O=[N+]([O-])c1cccc(N(C/C=C/c2ccccc2)C/C=C/c2ccccc2)c1. The summed E-state index contributed by atoms with van der Waals surface area (Å²) >= 11 is 0. The van der Waals surface area contributed by atoms with Gasteiger partial charge >= 0.3 is 0 Å². The second-order valence-electron chi connectivity index (χ2n) is 6.31. The predicted molar refractivity (Wildman–Crippen MR) is 116 cm³/mol. The van der Waals surface area contributed by atoms with E-state index < -0.39 is 0 Å². The normalized spacial score (nSPS) is 11.1. The van der Waals surface area contributed by atoms with Gasteiger partial charge in [-0.1, -0.05) is 91.0 Å². The maximum Gasteiger partial charge on any atom is 0.271 e. The van der Waals surface area contributed by atoms with Crippen molar-refractivity contribution in [2.24, 2.45) is 0 Å². The summed E-state index contributed by atoms with van der Waals surface area (Å²) in [6.45, 7) is 1.30. The van der Waals surface area contributed by atoms with E-state index in [4.69, 9.17) is 0 Å². The number of hydrogen-bond donors (Lipinski definition) is 0. The van der Waals surface area contributed by atoms with E-state index in [0.29, 0.717) is 13.1 Å². The van der Waals surface area contributed by atoms with Crippen LogP contribution in [0.15, 0.2) is 97.1 Å². The number of nitro benzene ring substituents is 1. The second-order valence-corrected chi connectivity index (χ2v) is 6.31. The van der Waals surface area contributed by atoms with Gasteiger partial charge in [0.2, 0.25) is 0 Å². The molecule has 0 saturated heterocycles. The first-order chi connectivity index (χ1) is 13.7. The van der Waals surface area contributed by atoms with Gasteiger partial charge in [-0.3, -0.25) is 10.1 Å². The fourth-order valence-corrected chi connectivity index (χ4v) is 2.85. The summed E-state index contributed by atoms with van der Waals surface area (Å²) in [5.41, 5.74) is 3.17. The molecule has 0 heterocycles. The van der Waals surface area contributed by atoms with E-state index in [1.165, 1.54) is 6.07 Å². The Kier molecular flexibility index (Phi) is 6.74. The van der Waals surface area contributed by atoms with E-state index in [2.05, 4.69) is 29.2 Å². The molecule has 0 atom stereocenters. The quantitative estimate of drug-likeness (QED) is 0.370. The molecule has 0 saturated carbocycles. The van der Waals surface area contributed by atoms with Gasteiger partial charge in [-0.15, -0.1) is 0 Å². The van der Waals surface area contributed by atoms with Crippen LogP contribution in [0.2, 0.25) is 0 Å². The molecule has 0 N–H and O–H groups in total. The molecule has 3 aromatic rings. The van der Waals surface area contributed by atoms with Crippen LogP contribution in [0.4, 0.5) is 11.4 Å². The van der Waals surface area contributed by atoms with E-state index in [9.17, 15) is 10.1 Å². The number of anilines is 1. The summed E-state index contributed by atoms with van der Waals surface area (Å²) in [6, 6.07) is 26.9. The minimum absolute atomic E-state index is 0.0987. The second kappa shape index (κ2) is 9.88. The Morgan fingerprint density at radius 1 is 0.750 bits per heavy atom. The molecule has 3 rings (SSSR count). The molecule has 3 aromatic carbocycles. The third-order valence-electron chi connectivity index (χ3n) is 4.28. The van der Waals surface area contributed by atoms with Gasteiger partial charge in [0.15, 0.2) is 0 Å². The Labute approximate surface area is 165 Å². The van der Waals surface area contributed by atoms with Gasteiger partial charge in [0, 0.05) is 30.9 Å². The van der Waals surface area contributed by atoms with Crippen LogP contribution >= 0.6 is 0 Å². The lowest BCUT2D eigenvalue weighted by atomic mass is 10.2. The zero-order chi connectivity index (χ0) is 19.6. The lowest BCUT2D eigenvalue weighted by Gasteiger charge is -2.21. The van der Waals surface area contributed by atoms with E-state index in [0.717, 1.165) is 16.8 Å². The maximum atomic E-state index is 11.1. The smallest absolute Gasteiger partial charge is 0.271 e. The maximum absolute atomic E-state index is 11.1. The van der Waals surface area contributed by atoms with Crippen LogP contribution in [0.1, 0.15) is 11.1 Å². The summed E-state index contributed by atoms with van der Waals surface area (Å²) in [5, 5.41) is 11.1. The molecular formula is C24H22N2O2. The number of rotatable bonds is 8. The molecule has 0 unspecified atom stereocenters. The lowest BCUT2D eigenvalue weighted by molar-refractivity contribution is -0.384. The zero-order valence-corrected chi connectivity index (χ0v) is 15.5. The molecule has 0 amide bonds. The highest BCUT2D eigenvalue weighted by Gasteiger charge is 2.09. The number of benzene rings is 3. The van der Waals surface area contributed by atoms with Crippen molar-refractivity contribution in [3.63, 3.8) is 0 Å². The number of hydrogen-bond acceptors (Lipinski definition) is 3. The predicted octanol–water partition coefficient (Wildman–Crippen LogP) is 5.83. The molecule has 0 aliphatic carbocycles. The van der Waals surface area contributed by atoms with Gasteiger partial charge in [0.05, 0.1) is 4.92 Å². The van der Waals surface area contributed by atoms with Crippen molar-refractivity contribution in [3.8, 4) is 0 Å². The summed E-state index contributed by atoms with van der Waals surface area (Å²) in [5.74, 6) is 0. The Bertz CT molecular complexity index is 899. The fraction of sp³-hybridized carbons (Fsp3) is 0.0833. The topological polar surface area (TPSA) is 46.4 Å². The molecule has 4 heteroatoms. The Hall–Kier alpha value is -3.66. The first-order valence-electron chi connectivity index (χ1n) is 9.15. The molecule has 0 fully saturated rings. The summed E-state index contributed by atoms with van der Waals surface area (Å²) in [7, 11) is 0. The minimum atomic E-state index is -0.360. The Balaban J connectivity index is 1.77. The van der Waals surface area contributed by atoms with Crippen molar-refractivity contribution in [3.05, 3.63) is 118 Å². The van der Waals surface area contributed by atoms with Gasteiger partial charge < -0.3 is 4.90 Å². The van der Waals surface area contributed by atoms with Gasteiger partial charge in [0.1, 0.15) is 0 Å². The largest absolute Gasteiger partial charge is 0.364 e. The Morgan fingerprint density at radius 3 is 1.79 bits per heavy atom. The first kappa shape index (κ1) is 19.1. The molecule has 28 heavy (non-hydrogen) atoms. The highest BCUT2D eigenvalue weighted by atomic mass is 16.6. The molecule has 0 aliphatic heterocycles. The summed E-state index contributed by atoms with van der Waals surface area (Å²) < 4.78 is 0. The minimum Gasteiger partial charge on any atom is -0.364 e. The molecule has 0 spiro atoms. The molecule has 0 aliphatic rings. The van der Waals surface area contributed by atoms with Crippen molar-refractivity contribution < 1.29 is 4.92 Å². The fourth-order valence-electron chi connectivity index (χ4n) is 2.85. The zero-order valence-electron chi connectivity index (χ0n) is 15.5. The van der Waals surface area contributed by atoms with E-state index in [-0.39, 0.29) is 10.6 Å². The van der Waals surface area contributed by atoms with Crippen LogP contribution in [-0.4, -0.2) is 18.0 Å². The van der Waals surface area contributed by atoms with Crippen molar-refractivity contribution in [1.82, 2.24) is 0 Å². The van der Waals surface area contributed by atoms with Gasteiger partial charge in [0.25, 0.3) is 5.69 Å². The van der Waals surface area contributed by atoms with Gasteiger partial charge in [-0.2, -0.15) is 0 Å². The van der Waals surface area contributed by atoms with Crippen LogP contribution in [0, 0.1) is 10.1 Å². The summed E-state index contributed by atoms with van der Waals surface area (Å²) in [6.07, 6.45) is 8.27. The van der Waals surface area contributed by atoms with E-state index in [1.54, 1.807) is 12.1 Å². The monoisotopic (exact) mass is 370 g/mol. The summed E-state index contributed by atoms with van der Waals surface area (Å²) in [4.78, 5) is 12.9. The van der Waals surface area contributed by atoms with Crippen molar-refractivity contribution in [1.29, 1.82) is 0 Å².